The molecule has 0 N–H and O–H groups in total. The molecule has 7 aromatic rings. The van der Waals surface area contributed by atoms with Gasteiger partial charge in [0.25, 0.3) is 0 Å². The lowest BCUT2D eigenvalue weighted by molar-refractivity contribution is 0.627. The van der Waals surface area contributed by atoms with Crippen molar-refractivity contribution in [3.63, 3.8) is 0 Å². The second kappa shape index (κ2) is 12.4. The van der Waals surface area contributed by atoms with Gasteiger partial charge in [0.05, 0.1) is 11.6 Å². The van der Waals surface area contributed by atoms with Crippen LogP contribution in [0.15, 0.2) is 146 Å². The van der Waals surface area contributed by atoms with Crippen LogP contribution in [0.5, 0.6) is 0 Å². The smallest absolute Gasteiger partial charge is 0.164 e. The Kier molecular flexibility index (Phi) is 7.64. The summed E-state index contributed by atoms with van der Waals surface area (Å²) in [6.45, 7) is 0. The van der Waals surface area contributed by atoms with E-state index in [-0.39, 0.29) is 11.6 Å². The molecule has 0 saturated heterocycles. The van der Waals surface area contributed by atoms with Crippen LogP contribution in [0.1, 0.15) is 5.56 Å². The predicted molar refractivity (Wildman–Crippen MR) is 177 cm³/mol. The molecule has 1 aromatic heterocycles. The summed E-state index contributed by atoms with van der Waals surface area (Å²) in [6.07, 6.45) is 0. The molecule has 0 atom stereocenters. The predicted octanol–water partition coefficient (Wildman–Crippen LogP) is 10.0. The Morgan fingerprint density at radius 2 is 0.543 bits per heavy atom. The van der Waals surface area contributed by atoms with Crippen LogP contribution in [0.3, 0.4) is 0 Å². The number of benzene rings is 6. The van der Waals surface area contributed by atoms with Gasteiger partial charge < -0.3 is 0 Å². The molecule has 0 aliphatic carbocycles. The van der Waals surface area contributed by atoms with Crippen molar-refractivity contribution in [2.75, 3.05) is 0 Å². The van der Waals surface area contributed by atoms with Gasteiger partial charge in [-0.2, -0.15) is 5.26 Å². The van der Waals surface area contributed by atoms with E-state index < -0.39 is 0 Å². The summed E-state index contributed by atoms with van der Waals surface area (Å²) >= 11 is 0. The third-order valence-corrected chi connectivity index (χ3v) is 7.77. The van der Waals surface area contributed by atoms with Gasteiger partial charge in [0.15, 0.2) is 17.5 Å². The summed E-state index contributed by atoms with van der Waals surface area (Å²) in [5.74, 6) is 0.555. The van der Waals surface area contributed by atoms with Crippen LogP contribution in [-0.2, 0) is 0 Å². The van der Waals surface area contributed by atoms with Crippen molar-refractivity contribution in [3.05, 3.63) is 163 Å². The van der Waals surface area contributed by atoms with Crippen molar-refractivity contribution in [3.8, 4) is 73.6 Å². The zero-order valence-electron chi connectivity index (χ0n) is 24.4. The highest BCUT2D eigenvalue weighted by Crippen LogP contribution is 2.30. The molecule has 0 amide bonds. The van der Waals surface area contributed by atoms with E-state index in [2.05, 4.69) is 59.6 Å². The van der Waals surface area contributed by atoms with E-state index in [0.717, 1.165) is 38.9 Å². The molecule has 0 spiro atoms. The van der Waals surface area contributed by atoms with Crippen LogP contribution in [0.25, 0.3) is 67.5 Å². The third-order valence-electron chi connectivity index (χ3n) is 7.77. The average Bonchev–Trinajstić information content (AvgIpc) is 3.12. The summed E-state index contributed by atoms with van der Waals surface area (Å²) in [5, 5.41) is 9.04. The normalized spacial score (nSPS) is 10.8. The average molecular weight is 599 g/mol. The maximum Gasteiger partial charge on any atom is 0.164 e. The zero-order valence-corrected chi connectivity index (χ0v) is 24.4. The highest BCUT2D eigenvalue weighted by molar-refractivity contribution is 5.75. The first-order chi connectivity index (χ1) is 22.5. The van der Waals surface area contributed by atoms with Crippen molar-refractivity contribution in [1.29, 1.82) is 5.26 Å². The number of aromatic nitrogens is 3. The minimum absolute atomic E-state index is 0.349. The fraction of sp³-hybridized carbons (Fsp3) is 0. The Bertz CT molecular complexity index is 2100. The molecule has 1 heterocycles. The molecule has 0 aliphatic rings. The molecule has 0 radical (unpaired) electrons. The van der Waals surface area contributed by atoms with Crippen molar-refractivity contribution >= 4 is 0 Å². The number of nitriles is 1. The highest BCUT2D eigenvalue weighted by atomic mass is 19.1. The van der Waals surface area contributed by atoms with Gasteiger partial charge in [0.2, 0.25) is 0 Å². The summed E-state index contributed by atoms with van der Waals surface area (Å²) in [6, 6.07) is 46.5. The monoisotopic (exact) mass is 598 g/mol. The molecule has 218 valence electrons. The van der Waals surface area contributed by atoms with E-state index in [1.807, 2.05) is 48.5 Å². The number of nitrogens with zero attached hydrogens (tertiary/aromatic N) is 4. The summed E-state index contributed by atoms with van der Waals surface area (Å²) in [5.41, 5.74) is 9.23. The van der Waals surface area contributed by atoms with E-state index in [0.29, 0.717) is 34.2 Å². The summed E-state index contributed by atoms with van der Waals surface area (Å²) in [7, 11) is 0. The summed E-state index contributed by atoms with van der Waals surface area (Å²) in [4.78, 5) is 14.0. The lowest BCUT2D eigenvalue weighted by atomic mass is 9.97. The number of hydrogen-bond donors (Lipinski definition) is 0. The molecule has 46 heavy (non-hydrogen) atoms. The Morgan fingerprint density at radius 1 is 0.326 bits per heavy atom. The molecule has 0 aliphatic heterocycles. The van der Waals surface area contributed by atoms with Crippen LogP contribution in [0, 0.1) is 23.0 Å². The fourth-order valence-electron chi connectivity index (χ4n) is 5.22. The second-order valence-electron chi connectivity index (χ2n) is 10.7. The Hall–Kier alpha value is -6.32. The number of halogens is 2. The van der Waals surface area contributed by atoms with E-state index in [4.69, 9.17) is 15.2 Å². The lowest BCUT2D eigenvalue weighted by Crippen LogP contribution is -2.00. The minimum Gasteiger partial charge on any atom is -0.208 e. The first-order valence-electron chi connectivity index (χ1n) is 14.6. The van der Waals surface area contributed by atoms with Crippen molar-refractivity contribution < 1.29 is 8.78 Å². The summed E-state index contributed by atoms with van der Waals surface area (Å²) < 4.78 is 27.2. The first kappa shape index (κ1) is 28.5. The maximum atomic E-state index is 13.6. The fourth-order valence-corrected chi connectivity index (χ4v) is 5.22. The van der Waals surface area contributed by atoms with Crippen LogP contribution in [0.2, 0.25) is 0 Å². The van der Waals surface area contributed by atoms with Gasteiger partial charge in [-0.05, 0) is 94.0 Å². The topological polar surface area (TPSA) is 62.5 Å². The van der Waals surface area contributed by atoms with Gasteiger partial charge >= 0.3 is 0 Å². The maximum absolute atomic E-state index is 13.6. The molecular formula is C40H24F2N4. The molecule has 0 fully saturated rings. The zero-order chi connectivity index (χ0) is 31.5. The van der Waals surface area contributed by atoms with E-state index in [1.165, 1.54) is 24.3 Å². The SMILES string of the molecule is N#Cc1ccc(-c2ccc(-c3ccc(-c4ccc(-c5nc(-c6ccc(F)cc6)nc(-c6ccc(F)cc6)n5)cc4)cc3)cc2)cc1. The Labute approximate surface area is 265 Å². The molecule has 6 aromatic carbocycles. The Morgan fingerprint density at radius 3 is 0.804 bits per heavy atom. The largest absolute Gasteiger partial charge is 0.208 e. The van der Waals surface area contributed by atoms with Crippen LogP contribution >= 0.6 is 0 Å². The molecular weight excluding hydrogens is 574 g/mol. The van der Waals surface area contributed by atoms with Crippen molar-refractivity contribution in [1.82, 2.24) is 15.0 Å². The van der Waals surface area contributed by atoms with Gasteiger partial charge in [-0.25, -0.2) is 23.7 Å². The van der Waals surface area contributed by atoms with E-state index in [9.17, 15) is 8.78 Å². The highest BCUT2D eigenvalue weighted by Gasteiger charge is 2.13. The van der Waals surface area contributed by atoms with Gasteiger partial charge in [0.1, 0.15) is 11.6 Å². The van der Waals surface area contributed by atoms with Gasteiger partial charge in [-0.1, -0.05) is 84.9 Å². The van der Waals surface area contributed by atoms with Crippen LogP contribution < -0.4 is 0 Å². The third kappa shape index (κ3) is 6.03. The second-order valence-corrected chi connectivity index (χ2v) is 10.7. The van der Waals surface area contributed by atoms with Gasteiger partial charge in [-0.15, -0.1) is 0 Å². The first-order valence-corrected chi connectivity index (χ1v) is 14.6. The van der Waals surface area contributed by atoms with Crippen LogP contribution in [0.4, 0.5) is 8.78 Å². The van der Waals surface area contributed by atoms with Crippen molar-refractivity contribution in [2.24, 2.45) is 0 Å². The van der Waals surface area contributed by atoms with Gasteiger partial charge in [0, 0.05) is 16.7 Å². The van der Waals surface area contributed by atoms with E-state index >= 15 is 0 Å². The Balaban J connectivity index is 1.14. The lowest BCUT2D eigenvalue weighted by Gasteiger charge is -2.10. The quantitative estimate of drug-likeness (QED) is 0.191. The molecule has 0 bridgehead atoms. The number of hydrogen-bond acceptors (Lipinski definition) is 4. The number of rotatable bonds is 6. The molecule has 0 unspecified atom stereocenters. The van der Waals surface area contributed by atoms with E-state index in [1.54, 1.807) is 24.3 Å². The van der Waals surface area contributed by atoms with Crippen LogP contribution in [-0.4, -0.2) is 15.0 Å². The van der Waals surface area contributed by atoms with Gasteiger partial charge in [-0.3, -0.25) is 0 Å². The molecule has 0 saturated carbocycles. The van der Waals surface area contributed by atoms with Crippen molar-refractivity contribution in [2.45, 2.75) is 0 Å². The molecule has 4 nitrogen and oxygen atoms in total. The minimum atomic E-state index is -0.349. The molecule has 7 rings (SSSR count). The standard InChI is InChI=1S/C40H24F2N4/c41-36-21-17-34(18-22-36)39-44-38(45-40(46-39)35-19-23-37(42)24-20-35)33-15-13-32(14-16-33)31-11-9-30(10-12-31)29-7-5-28(6-8-29)27-3-1-26(25-43)2-4-27/h1-24H. The molecule has 6 heteroatoms.